The van der Waals surface area contributed by atoms with Crippen molar-refractivity contribution in [3.63, 3.8) is 0 Å². The van der Waals surface area contributed by atoms with Crippen molar-refractivity contribution in [1.29, 1.82) is 0 Å². The van der Waals surface area contributed by atoms with E-state index in [1.165, 1.54) is 12.1 Å². The van der Waals surface area contributed by atoms with E-state index in [0.29, 0.717) is 35.6 Å². The second-order valence-electron chi connectivity index (χ2n) is 7.25. The van der Waals surface area contributed by atoms with E-state index < -0.39 is 0 Å². The van der Waals surface area contributed by atoms with Gasteiger partial charge in [0.25, 0.3) is 0 Å². The summed E-state index contributed by atoms with van der Waals surface area (Å²) in [4.78, 5) is 18.1. The van der Waals surface area contributed by atoms with E-state index in [9.17, 15) is 4.39 Å². The first-order valence-electron chi connectivity index (χ1n) is 8.92. The van der Waals surface area contributed by atoms with Gasteiger partial charge in [-0.05, 0) is 32.4 Å². The summed E-state index contributed by atoms with van der Waals surface area (Å²) in [6.45, 7) is 6.69. The molecule has 5 rings (SSSR count). The lowest BCUT2D eigenvalue weighted by atomic mass is 10.2. The highest BCUT2D eigenvalue weighted by molar-refractivity contribution is 5.72. The number of nitrogens with zero attached hydrogens (tertiary/aromatic N) is 5. The Balaban J connectivity index is 1.33. The summed E-state index contributed by atoms with van der Waals surface area (Å²) in [5, 5.41) is 0. The monoisotopic (exact) mass is 353 g/mol. The summed E-state index contributed by atoms with van der Waals surface area (Å²) in [6, 6.07) is 5.38. The minimum atomic E-state index is -0.299. The molecule has 0 aliphatic carbocycles. The highest BCUT2D eigenvalue weighted by Crippen LogP contribution is 2.36. The average molecular weight is 353 g/mol. The van der Waals surface area contributed by atoms with Crippen molar-refractivity contribution >= 4 is 16.9 Å². The van der Waals surface area contributed by atoms with Crippen LogP contribution in [-0.2, 0) is 6.54 Å². The van der Waals surface area contributed by atoms with Crippen LogP contribution in [0.15, 0.2) is 28.9 Å². The van der Waals surface area contributed by atoms with Crippen molar-refractivity contribution in [2.45, 2.75) is 38.9 Å². The molecule has 2 aromatic heterocycles. The first kappa shape index (κ1) is 15.7. The first-order chi connectivity index (χ1) is 12.6. The fourth-order valence-corrected chi connectivity index (χ4v) is 4.21. The lowest BCUT2D eigenvalue weighted by molar-refractivity contribution is 0.210. The van der Waals surface area contributed by atoms with Crippen molar-refractivity contribution in [1.82, 2.24) is 19.9 Å². The molecule has 3 aromatic rings. The standard InChI is InChI=1S/C19H20FN5O/c1-11-12(2)21-10-22-19(11)25-8-14-6-15(25)7-24(14)9-18-23-16-4-3-13(20)5-17(16)26-18/h3-5,10,14-15H,6-9H2,1-2H3. The third-order valence-electron chi connectivity index (χ3n) is 5.67. The summed E-state index contributed by atoms with van der Waals surface area (Å²) < 4.78 is 19.1. The van der Waals surface area contributed by atoms with Gasteiger partial charge in [0.15, 0.2) is 5.58 Å². The number of hydrogen-bond donors (Lipinski definition) is 0. The van der Waals surface area contributed by atoms with Crippen molar-refractivity contribution in [3.8, 4) is 0 Å². The van der Waals surface area contributed by atoms with E-state index in [-0.39, 0.29) is 5.82 Å². The molecule has 2 fully saturated rings. The van der Waals surface area contributed by atoms with Gasteiger partial charge in [0.05, 0.1) is 6.54 Å². The molecular formula is C19H20FN5O. The van der Waals surface area contributed by atoms with E-state index in [4.69, 9.17) is 4.42 Å². The molecular weight excluding hydrogens is 333 g/mol. The zero-order chi connectivity index (χ0) is 17.8. The molecule has 2 aliphatic heterocycles. The highest BCUT2D eigenvalue weighted by atomic mass is 19.1. The van der Waals surface area contributed by atoms with Gasteiger partial charge in [-0.2, -0.15) is 0 Å². The van der Waals surface area contributed by atoms with E-state index in [0.717, 1.165) is 36.6 Å². The Morgan fingerprint density at radius 1 is 1.19 bits per heavy atom. The Bertz CT molecular complexity index is 987. The number of fused-ring (bicyclic) bond motifs is 3. The maximum absolute atomic E-state index is 13.3. The Hall–Kier alpha value is -2.54. The Morgan fingerprint density at radius 3 is 2.88 bits per heavy atom. The van der Waals surface area contributed by atoms with Gasteiger partial charge in [-0.25, -0.2) is 19.3 Å². The van der Waals surface area contributed by atoms with Gasteiger partial charge in [-0.3, -0.25) is 4.90 Å². The molecule has 2 atom stereocenters. The van der Waals surface area contributed by atoms with Crippen LogP contribution in [0, 0.1) is 19.7 Å². The predicted molar refractivity (Wildman–Crippen MR) is 95.4 cm³/mol. The average Bonchev–Trinajstić information content (AvgIpc) is 3.30. The lowest BCUT2D eigenvalue weighted by Gasteiger charge is -2.35. The molecule has 0 saturated carbocycles. The quantitative estimate of drug-likeness (QED) is 0.722. The van der Waals surface area contributed by atoms with Gasteiger partial charge in [0, 0.05) is 42.5 Å². The molecule has 0 amide bonds. The number of benzene rings is 1. The van der Waals surface area contributed by atoms with Crippen LogP contribution in [0.25, 0.3) is 11.1 Å². The Morgan fingerprint density at radius 2 is 2.08 bits per heavy atom. The molecule has 0 radical (unpaired) electrons. The van der Waals surface area contributed by atoms with Crippen LogP contribution in [0.3, 0.4) is 0 Å². The van der Waals surface area contributed by atoms with Gasteiger partial charge in [0.2, 0.25) is 5.89 Å². The SMILES string of the molecule is Cc1ncnc(N2CC3CC2CN3Cc2nc3ccc(F)cc3o2)c1C. The number of halogens is 1. The van der Waals surface area contributed by atoms with Gasteiger partial charge in [0.1, 0.15) is 23.5 Å². The topological polar surface area (TPSA) is 58.3 Å². The van der Waals surface area contributed by atoms with E-state index in [2.05, 4.69) is 31.7 Å². The maximum atomic E-state index is 13.3. The van der Waals surface area contributed by atoms with Crippen LogP contribution < -0.4 is 4.90 Å². The Kier molecular flexibility index (Phi) is 3.46. The molecule has 0 spiro atoms. The smallest absolute Gasteiger partial charge is 0.209 e. The van der Waals surface area contributed by atoms with Crippen molar-refractivity contribution < 1.29 is 8.81 Å². The van der Waals surface area contributed by atoms with Crippen molar-refractivity contribution in [3.05, 3.63) is 47.5 Å². The molecule has 2 aliphatic rings. The molecule has 4 heterocycles. The number of oxazole rings is 1. The molecule has 2 saturated heterocycles. The number of likely N-dealkylation sites (tertiary alicyclic amines) is 1. The van der Waals surface area contributed by atoms with Gasteiger partial charge in [-0.15, -0.1) is 0 Å². The summed E-state index contributed by atoms with van der Waals surface area (Å²) >= 11 is 0. The normalized spacial score (nSPS) is 22.7. The summed E-state index contributed by atoms with van der Waals surface area (Å²) in [6.07, 6.45) is 2.77. The number of rotatable bonds is 3. The fraction of sp³-hybridized carbons (Fsp3) is 0.421. The third kappa shape index (κ3) is 2.46. The largest absolute Gasteiger partial charge is 0.439 e. The molecule has 1 aromatic carbocycles. The molecule has 0 N–H and O–H groups in total. The van der Waals surface area contributed by atoms with Crippen molar-refractivity contribution in [2.24, 2.45) is 0 Å². The van der Waals surface area contributed by atoms with Gasteiger partial charge >= 0.3 is 0 Å². The minimum Gasteiger partial charge on any atom is -0.439 e. The van der Waals surface area contributed by atoms with E-state index in [1.807, 2.05) is 6.92 Å². The highest BCUT2D eigenvalue weighted by Gasteiger charge is 2.44. The molecule has 7 heteroatoms. The van der Waals surface area contributed by atoms with Crippen molar-refractivity contribution in [2.75, 3.05) is 18.0 Å². The van der Waals surface area contributed by atoms with Crippen LogP contribution in [0.1, 0.15) is 23.6 Å². The molecule has 6 nitrogen and oxygen atoms in total. The number of hydrogen-bond acceptors (Lipinski definition) is 6. The summed E-state index contributed by atoms with van der Waals surface area (Å²) in [5.74, 6) is 1.41. The summed E-state index contributed by atoms with van der Waals surface area (Å²) in [7, 11) is 0. The lowest BCUT2D eigenvalue weighted by Crippen LogP contribution is -2.46. The predicted octanol–water partition coefficient (Wildman–Crippen LogP) is 2.84. The van der Waals surface area contributed by atoms with Gasteiger partial charge < -0.3 is 9.32 Å². The molecule has 2 unspecified atom stereocenters. The van der Waals surface area contributed by atoms with E-state index in [1.54, 1.807) is 12.4 Å². The van der Waals surface area contributed by atoms with Crippen LogP contribution >= 0.6 is 0 Å². The molecule has 134 valence electrons. The van der Waals surface area contributed by atoms with Crippen LogP contribution in [0.2, 0.25) is 0 Å². The van der Waals surface area contributed by atoms with E-state index >= 15 is 0 Å². The second kappa shape index (κ2) is 5.74. The first-order valence-corrected chi connectivity index (χ1v) is 8.92. The maximum Gasteiger partial charge on any atom is 0.209 e. The second-order valence-corrected chi connectivity index (χ2v) is 7.25. The van der Waals surface area contributed by atoms with Crippen LogP contribution in [0.5, 0.6) is 0 Å². The number of anilines is 1. The third-order valence-corrected chi connectivity index (χ3v) is 5.67. The zero-order valence-corrected chi connectivity index (χ0v) is 14.8. The van der Waals surface area contributed by atoms with Crippen LogP contribution in [0.4, 0.5) is 10.2 Å². The van der Waals surface area contributed by atoms with Crippen LogP contribution in [-0.4, -0.2) is 45.0 Å². The fourth-order valence-electron chi connectivity index (χ4n) is 4.21. The minimum absolute atomic E-state index is 0.299. The number of aromatic nitrogens is 3. The number of piperazine rings is 1. The van der Waals surface area contributed by atoms with Gasteiger partial charge in [-0.1, -0.05) is 0 Å². The molecule has 2 bridgehead atoms. The zero-order valence-electron chi connectivity index (χ0n) is 14.8. The Labute approximate surface area is 150 Å². The summed E-state index contributed by atoms with van der Waals surface area (Å²) in [5.41, 5.74) is 3.42. The molecule has 26 heavy (non-hydrogen) atoms. The number of aryl methyl sites for hydroxylation is 1.